The van der Waals surface area contributed by atoms with E-state index in [4.69, 9.17) is 0 Å². The van der Waals surface area contributed by atoms with E-state index < -0.39 is 0 Å². The SMILES string of the molecule is C=Cc1c(C=C)n(CC)c2ccccc12. The van der Waals surface area contributed by atoms with E-state index in [9.17, 15) is 0 Å². The van der Waals surface area contributed by atoms with Crippen molar-refractivity contribution in [2.45, 2.75) is 13.5 Å². The zero-order chi connectivity index (χ0) is 10.8. The van der Waals surface area contributed by atoms with Gasteiger partial charge >= 0.3 is 0 Å². The molecule has 0 saturated heterocycles. The van der Waals surface area contributed by atoms with Crippen molar-refractivity contribution in [2.75, 3.05) is 0 Å². The minimum Gasteiger partial charge on any atom is -0.341 e. The monoisotopic (exact) mass is 197 g/mol. The van der Waals surface area contributed by atoms with Gasteiger partial charge in [0.05, 0.1) is 0 Å². The van der Waals surface area contributed by atoms with E-state index >= 15 is 0 Å². The van der Waals surface area contributed by atoms with Crippen LogP contribution in [0.3, 0.4) is 0 Å². The maximum atomic E-state index is 3.88. The Balaban J connectivity index is 2.94. The molecule has 1 heteroatoms. The maximum absolute atomic E-state index is 3.88. The van der Waals surface area contributed by atoms with E-state index in [1.165, 1.54) is 16.5 Å². The van der Waals surface area contributed by atoms with Gasteiger partial charge in [-0.25, -0.2) is 0 Å². The quantitative estimate of drug-likeness (QED) is 0.702. The van der Waals surface area contributed by atoms with Crippen LogP contribution in [0.25, 0.3) is 23.1 Å². The zero-order valence-corrected chi connectivity index (χ0v) is 9.03. The molecular formula is C14H15N. The van der Waals surface area contributed by atoms with Crippen LogP contribution in [0.2, 0.25) is 0 Å². The van der Waals surface area contributed by atoms with Crippen molar-refractivity contribution < 1.29 is 0 Å². The van der Waals surface area contributed by atoms with Crippen molar-refractivity contribution in [3.05, 3.63) is 48.7 Å². The average Bonchev–Trinajstić information content (AvgIpc) is 2.61. The summed E-state index contributed by atoms with van der Waals surface area (Å²) in [6, 6.07) is 8.39. The Morgan fingerprint density at radius 1 is 1.20 bits per heavy atom. The van der Waals surface area contributed by atoms with Crippen LogP contribution >= 0.6 is 0 Å². The maximum Gasteiger partial charge on any atom is 0.0491 e. The highest BCUT2D eigenvalue weighted by Crippen LogP contribution is 2.27. The third kappa shape index (κ3) is 1.32. The van der Waals surface area contributed by atoms with E-state index in [0.29, 0.717) is 0 Å². The first-order valence-electron chi connectivity index (χ1n) is 5.19. The Kier molecular flexibility index (Phi) is 2.46. The van der Waals surface area contributed by atoms with Crippen LogP contribution < -0.4 is 0 Å². The Hall–Kier alpha value is -1.76. The van der Waals surface area contributed by atoms with Gasteiger partial charge in [0, 0.05) is 28.7 Å². The van der Waals surface area contributed by atoms with E-state index in [-0.39, 0.29) is 0 Å². The summed E-state index contributed by atoms with van der Waals surface area (Å²) >= 11 is 0. The van der Waals surface area contributed by atoms with Gasteiger partial charge in [-0.15, -0.1) is 0 Å². The highest BCUT2D eigenvalue weighted by atomic mass is 15.0. The standard InChI is InChI=1S/C14H15N/c1-4-11-12-9-7-8-10-14(12)15(6-3)13(11)5-2/h4-5,7-10H,1-2,6H2,3H3. The molecule has 0 radical (unpaired) electrons. The number of aromatic nitrogens is 1. The molecule has 0 saturated carbocycles. The van der Waals surface area contributed by atoms with E-state index in [1.54, 1.807) is 0 Å². The molecule has 0 unspecified atom stereocenters. The summed E-state index contributed by atoms with van der Waals surface area (Å²) in [5, 5.41) is 1.25. The normalized spacial score (nSPS) is 10.5. The molecular weight excluding hydrogens is 182 g/mol. The first-order valence-corrected chi connectivity index (χ1v) is 5.19. The van der Waals surface area contributed by atoms with E-state index in [0.717, 1.165) is 12.2 Å². The molecule has 0 bridgehead atoms. The summed E-state index contributed by atoms with van der Waals surface area (Å²) in [6.07, 6.45) is 3.81. The van der Waals surface area contributed by atoms with Crippen molar-refractivity contribution >= 4 is 23.1 Å². The first-order chi connectivity index (χ1) is 7.33. The van der Waals surface area contributed by atoms with Crippen LogP contribution in [-0.2, 0) is 6.54 Å². The highest BCUT2D eigenvalue weighted by Gasteiger charge is 2.10. The first kappa shape index (κ1) is 9.78. The second kappa shape index (κ2) is 3.77. The molecule has 76 valence electrons. The zero-order valence-electron chi connectivity index (χ0n) is 9.03. The summed E-state index contributed by atoms with van der Waals surface area (Å²) in [5.74, 6) is 0. The number of fused-ring (bicyclic) bond motifs is 1. The molecule has 0 N–H and O–H groups in total. The Morgan fingerprint density at radius 3 is 2.53 bits per heavy atom. The average molecular weight is 197 g/mol. The number of hydrogen-bond donors (Lipinski definition) is 0. The molecule has 15 heavy (non-hydrogen) atoms. The predicted octanol–water partition coefficient (Wildman–Crippen LogP) is 3.95. The third-order valence-electron chi connectivity index (χ3n) is 2.77. The van der Waals surface area contributed by atoms with E-state index in [1.807, 2.05) is 12.2 Å². The van der Waals surface area contributed by atoms with Gasteiger partial charge in [-0.2, -0.15) is 0 Å². The Bertz CT molecular complexity index is 517. The topological polar surface area (TPSA) is 4.93 Å². The van der Waals surface area contributed by atoms with Crippen molar-refractivity contribution in [1.82, 2.24) is 4.57 Å². The molecule has 1 aromatic carbocycles. The van der Waals surface area contributed by atoms with Crippen LogP contribution in [0, 0.1) is 0 Å². The fourth-order valence-corrected chi connectivity index (χ4v) is 2.13. The van der Waals surface area contributed by atoms with Crippen LogP contribution in [0.4, 0.5) is 0 Å². The number of hydrogen-bond acceptors (Lipinski definition) is 0. The summed E-state index contributed by atoms with van der Waals surface area (Å²) < 4.78 is 2.26. The predicted molar refractivity (Wildman–Crippen MR) is 67.8 cm³/mol. The number of rotatable bonds is 3. The second-order valence-electron chi connectivity index (χ2n) is 3.47. The second-order valence-corrected chi connectivity index (χ2v) is 3.47. The summed E-state index contributed by atoms with van der Waals surface area (Å²) in [6.45, 7) is 10.9. The molecule has 0 spiro atoms. The molecule has 0 aliphatic heterocycles. The van der Waals surface area contributed by atoms with E-state index in [2.05, 4.69) is 48.9 Å². The minimum atomic E-state index is 0.954. The Morgan fingerprint density at radius 2 is 1.93 bits per heavy atom. The molecule has 0 aliphatic rings. The molecule has 1 aromatic heterocycles. The van der Waals surface area contributed by atoms with Crippen molar-refractivity contribution in [3.8, 4) is 0 Å². The van der Waals surface area contributed by atoms with Crippen molar-refractivity contribution in [3.63, 3.8) is 0 Å². The fraction of sp³-hybridized carbons (Fsp3) is 0.143. The smallest absolute Gasteiger partial charge is 0.0491 e. The van der Waals surface area contributed by atoms with Crippen LogP contribution in [0.1, 0.15) is 18.2 Å². The summed E-state index contributed by atoms with van der Waals surface area (Å²) in [4.78, 5) is 0. The van der Waals surface area contributed by atoms with Gasteiger partial charge in [-0.3, -0.25) is 0 Å². The number of aryl methyl sites for hydroxylation is 1. The molecule has 0 aliphatic carbocycles. The minimum absolute atomic E-state index is 0.954. The summed E-state index contributed by atoms with van der Waals surface area (Å²) in [7, 11) is 0. The van der Waals surface area contributed by atoms with Gasteiger partial charge in [-0.1, -0.05) is 37.4 Å². The van der Waals surface area contributed by atoms with Crippen LogP contribution in [0.15, 0.2) is 37.4 Å². The number of nitrogens with zero attached hydrogens (tertiary/aromatic N) is 1. The van der Waals surface area contributed by atoms with Crippen molar-refractivity contribution in [2.24, 2.45) is 0 Å². The van der Waals surface area contributed by atoms with Gasteiger partial charge in [-0.05, 0) is 19.1 Å². The van der Waals surface area contributed by atoms with Gasteiger partial charge < -0.3 is 4.57 Å². The lowest BCUT2D eigenvalue weighted by molar-refractivity contribution is 0.789. The van der Waals surface area contributed by atoms with Gasteiger partial charge in [0.15, 0.2) is 0 Å². The third-order valence-corrected chi connectivity index (χ3v) is 2.77. The molecule has 0 atom stereocenters. The largest absolute Gasteiger partial charge is 0.341 e. The molecule has 2 aromatic rings. The molecule has 2 rings (SSSR count). The Labute approximate surface area is 90.3 Å². The lowest BCUT2D eigenvalue weighted by Gasteiger charge is -2.03. The number of benzene rings is 1. The molecule has 1 nitrogen and oxygen atoms in total. The van der Waals surface area contributed by atoms with Gasteiger partial charge in [0.2, 0.25) is 0 Å². The lowest BCUT2D eigenvalue weighted by Crippen LogP contribution is -1.96. The van der Waals surface area contributed by atoms with Crippen molar-refractivity contribution in [1.29, 1.82) is 0 Å². The van der Waals surface area contributed by atoms with Crippen LogP contribution in [0.5, 0.6) is 0 Å². The van der Waals surface area contributed by atoms with Crippen LogP contribution in [-0.4, -0.2) is 4.57 Å². The fourth-order valence-electron chi connectivity index (χ4n) is 2.13. The lowest BCUT2D eigenvalue weighted by atomic mass is 10.1. The summed E-state index contributed by atoms with van der Waals surface area (Å²) in [5.41, 5.74) is 3.60. The molecule has 0 amide bonds. The number of para-hydroxylation sites is 1. The van der Waals surface area contributed by atoms with Gasteiger partial charge in [0.1, 0.15) is 0 Å². The molecule has 1 heterocycles. The highest BCUT2D eigenvalue weighted by molar-refractivity contribution is 5.93. The van der Waals surface area contributed by atoms with Gasteiger partial charge in [0.25, 0.3) is 0 Å². The molecule has 0 fully saturated rings.